The van der Waals surface area contributed by atoms with E-state index in [2.05, 4.69) is 11.4 Å². The molecule has 2 N–H and O–H groups in total. The molecule has 0 amide bonds. The Labute approximate surface area is 95.2 Å². The van der Waals surface area contributed by atoms with Crippen LogP contribution in [0, 0.1) is 0 Å². The van der Waals surface area contributed by atoms with Crippen molar-refractivity contribution < 1.29 is 14.6 Å². The van der Waals surface area contributed by atoms with Crippen LogP contribution in [-0.2, 0) is 22.7 Å². The number of methoxy groups -OCH3 is 1. The maximum atomic E-state index is 10.3. The van der Waals surface area contributed by atoms with Gasteiger partial charge < -0.3 is 15.2 Å². The van der Waals surface area contributed by atoms with E-state index in [-0.39, 0.29) is 6.42 Å². The average molecular weight is 223 g/mol. The van der Waals surface area contributed by atoms with Crippen molar-refractivity contribution in [1.29, 1.82) is 0 Å². The standard InChI is InChI=1S/C12H17NO3/c1-16-9-11-4-2-3-10(7-11)8-13-6-5-12(14)15/h2-4,7,13H,5-6,8-9H2,1H3,(H,14,15). The number of ether oxygens (including phenoxy) is 1. The summed E-state index contributed by atoms with van der Waals surface area (Å²) in [5.41, 5.74) is 2.26. The van der Waals surface area contributed by atoms with Crippen LogP contribution in [0.5, 0.6) is 0 Å². The fourth-order valence-corrected chi connectivity index (χ4v) is 1.42. The van der Waals surface area contributed by atoms with E-state index in [1.807, 2.05) is 18.2 Å². The number of aliphatic carboxylic acids is 1. The molecule has 0 aromatic heterocycles. The Bertz CT molecular complexity index is 339. The largest absolute Gasteiger partial charge is 0.481 e. The third-order valence-corrected chi connectivity index (χ3v) is 2.15. The molecule has 88 valence electrons. The fourth-order valence-electron chi connectivity index (χ4n) is 1.42. The smallest absolute Gasteiger partial charge is 0.304 e. The Morgan fingerprint density at radius 3 is 2.88 bits per heavy atom. The Hall–Kier alpha value is -1.39. The van der Waals surface area contributed by atoms with Crippen LogP contribution in [0.25, 0.3) is 0 Å². The number of carbonyl (C=O) groups is 1. The van der Waals surface area contributed by atoms with Crippen molar-refractivity contribution >= 4 is 5.97 Å². The van der Waals surface area contributed by atoms with E-state index in [1.165, 1.54) is 0 Å². The molecule has 16 heavy (non-hydrogen) atoms. The van der Waals surface area contributed by atoms with Gasteiger partial charge in [0.05, 0.1) is 13.0 Å². The van der Waals surface area contributed by atoms with Crippen LogP contribution in [0.2, 0.25) is 0 Å². The lowest BCUT2D eigenvalue weighted by Crippen LogP contribution is -2.17. The molecule has 0 unspecified atom stereocenters. The van der Waals surface area contributed by atoms with E-state index in [0.717, 1.165) is 11.1 Å². The number of carboxylic acid groups (broad SMARTS) is 1. The molecule has 0 saturated heterocycles. The van der Waals surface area contributed by atoms with Crippen LogP contribution in [0.3, 0.4) is 0 Å². The van der Waals surface area contributed by atoms with E-state index in [0.29, 0.717) is 19.7 Å². The van der Waals surface area contributed by atoms with Crippen LogP contribution in [0.15, 0.2) is 24.3 Å². The van der Waals surface area contributed by atoms with Gasteiger partial charge in [0, 0.05) is 20.2 Å². The molecule has 4 heteroatoms. The summed E-state index contributed by atoms with van der Waals surface area (Å²) in [6.45, 7) is 1.78. The normalized spacial score (nSPS) is 10.3. The van der Waals surface area contributed by atoms with E-state index in [1.54, 1.807) is 7.11 Å². The molecule has 1 rings (SSSR count). The highest BCUT2D eigenvalue weighted by molar-refractivity contribution is 5.66. The minimum atomic E-state index is -0.777. The zero-order chi connectivity index (χ0) is 11.8. The van der Waals surface area contributed by atoms with E-state index < -0.39 is 5.97 Å². The number of hydrogen-bond acceptors (Lipinski definition) is 3. The second-order valence-corrected chi connectivity index (χ2v) is 3.57. The summed E-state index contributed by atoms with van der Waals surface area (Å²) in [5, 5.41) is 11.5. The van der Waals surface area contributed by atoms with Gasteiger partial charge in [-0.1, -0.05) is 24.3 Å². The van der Waals surface area contributed by atoms with E-state index >= 15 is 0 Å². The lowest BCUT2D eigenvalue weighted by molar-refractivity contribution is -0.136. The van der Waals surface area contributed by atoms with Gasteiger partial charge in [-0.2, -0.15) is 0 Å². The van der Waals surface area contributed by atoms with Crippen molar-refractivity contribution in [3.63, 3.8) is 0 Å². The molecule has 0 heterocycles. The number of hydrogen-bond donors (Lipinski definition) is 2. The molecule has 4 nitrogen and oxygen atoms in total. The Morgan fingerprint density at radius 1 is 1.44 bits per heavy atom. The number of rotatable bonds is 7. The first kappa shape index (κ1) is 12.7. The van der Waals surface area contributed by atoms with Gasteiger partial charge in [-0.25, -0.2) is 0 Å². The molecule has 0 aliphatic heterocycles. The van der Waals surface area contributed by atoms with Crippen molar-refractivity contribution in [2.24, 2.45) is 0 Å². The van der Waals surface area contributed by atoms with Gasteiger partial charge in [-0.15, -0.1) is 0 Å². The highest BCUT2D eigenvalue weighted by Gasteiger charge is 1.98. The number of carboxylic acids is 1. The van der Waals surface area contributed by atoms with Gasteiger partial charge in [0.1, 0.15) is 0 Å². The summed E-state index contributed by atoms with van der Waals surface area (Å²) >= 11 is 0. The predicted octanol–water partition coefficient (Wildman–Crippen LogP) is 1.40. The highest BCUT2D eigenvalue weighted by atomic mass is 16.5. The lowest BCUT2D eigenvalue weighted by Gasteiger charge is -2.05. The number of nitrogens with one attached hydrogen (secondary N) is 1. The van der Waals surface area contributed by atoms with Gasteiger partial charge >= 0.3 is 5.97 Å². The molecule has 0 fully saturated rings. The molecular formula is C12H17NO3. The molecule has 0 bridgehead atoms. The zero-order valence-electron chi connectivity index (χ0n) is 9.40. The molecule has 1 aromatic carbocycles. The van der Waals surface area contributed by atoms with Gasteiger partial charge in [-0.05, 0) is 11.1 Å². The highest BCUT2D eigenvalue weighted by Crippen LogP contribution is 2.06. The molecular weight excluding hydrogens is 206 g/mol. The summed E-state index contributed by atoms with van der Waals surface area (Å²) in [6.07, 6.45) is 0.151. The van der Waals surface area contributed by atoms with E-state index in [9.17, 15) is 4.79 Å². The maximum absolute atomic E-state index is 10.3. The summed E-state index contributed by atoms with van der Waals surface area (Å²) in [7, 11) is 1.66. The predicted molar refractivity (Wildman–Crippen MR) is 61.1 cm³/mol. The second kappa shape index (κ2) is 6.98. The van der Waals surface area contributed by atoms with Crippen LogP contribution < -0.4 is 5.32 Å². The van der Waals surface area contributed by atoms with Crippen LogP contribution in [-0.4, -0.2) is 24.7 Å². The third-order valence-electron chi connectivity index (χ3n) is 2.15. The minimum absolute atomic E-state index is 0.151. The minimum Gasteiger partial charge on any atom is -0.481 e. The van der Waals surface area contributed by atoms with Crippen molar-refractivity contribution in [2.45, 2.75) is 19.6 Å². The van der Waals surface area contributed by atoms with Crippen LogP contribution >= 0.6 is 0 Å². The Kier molecular flexibility index (Phi) is 5.53. The van der Waals surface area contributed by atoms with Gasteiger partial charge in [-0.3, -0.25) is 4.79 Å². The monoisotopic (exact) mass is 223 g/mol. The molecule has 1 aromatic rings. The number of benzene rings is 1. The topological polar surface area (TPSA) is 58.6 Å². The summed E-state index contributed by atoms with van der Waals surface area (Å²) < 4.78 is 5.04. The molecule has 0 radical (unpaired) electrons. The van der Waals surface area contributed by atoms with Crippen LogP contribution in [0.4, 0.5) is 0 Å². The van der Waals surface area contributed by atoms with Gasteiger partial charge in [0.15, 0.2) is 0 Å². The zero-order valence-corrected chi connectivity index (χ0v) is 9.40. The first-order valence-electron chi connectivity index (χ1n) is 5.21. The second-order valence-electron chi connectivity index (χ2n) is 3.57. The summed E-state index contributed by atoms with van der Waals surface area (Å²) in [6, 6.07) is 8.04. The first-order valence-corrected chi connectivity index (χ1v) is 5.21. The molecule has 0 aliphatic rings. The quantitative estimate of drug-likeness (QED) is 0.686. The molecule has 0 atom stereocenters. The van der Waals surface area contributed by atoms with Crippen molar-refractivity contribution in [2.75, 3.05) is 13.7 Å². The van der Waals surface area contributed by atoms with Gasteiger partial charge in [0.2, 0.25) is 0 Å². The van der Waals surface area contributed by atoms with Gasteiger partial charge in [0.25, 0.3) is 0 Å². The fraction of sp³-hybridized carbons (Fsp3) is 0.417. The van der Waals surface area contributed by atoms with E-state index in [4.69, 9.17) is 9.84 Å². The SMILES string of the molecule is COCc1cccc(CNCCC(=O)O)c1. The van der Waals surface area contributed by atoms with Crippen molar-refractivity contribution in [1.82, 2.24) is 5.32 Å². The van der Waals surface area contributed by atoms with Crippen molar-refractivity contribution in [3.8, 4) is 0 Å². The summed E-state index contributed by atoms with van der Waals surface area (Å²) in [4.78, 5) is 10.3. The average Bonchev–Trinajstić information content (AvgIpc) is 2.25. The first-order chi connectivity index (χ1) is 7.72. The Morgan fingerprint density at radius 2 is 2.19 bits per heavy atom. The van der Waals surface area contributed by atoms with Crippen LogP contribution in [0.1, 0.15) is 17.5 Å². The molecule has 0 spiro atoms. The molecule has 0 saturated carbocycles. The Balaban J connectivity index is 2.35. The third kappa shape index (κ3) is 4.91. The lowest BCUT2D eigenvalue weighted by atomic mass is 10.1. The summed E-state index contributed by atoms with van der Waals surface area (Å²) in [5.74, 6) is -0.777. The maximum Gasteiger partial charge on any atom is 0.304 e. The van der Waals surface area contributed by atoms with Crippen molar-refractivity contribution in [3.05, 3.63) is 35.4 Å². The molecule has 0 aliphatic carbocycles.